The lowest BCUT2D eigenvalue weighted by Crippen LogP contribution is -2.37. The highest BCUT2D eigenvalue weighted by Crippen LogP contribution is 2.39. The standard InChI is InChI=1S/C35H43N5O4/c1-35(2,3)25-8-9-27-24(16-25)17-29-30(36-27)19-31(37-29)32(42)18-23(10-13-40-14-11-26(41)12-15-40)21-4-6-22(7-5-21)28-20-33(43)39-34(44)38-28/h4-7,17,20,23,25-26,41H,8-16,18-19H2,1-3H3,(H2,38,39,43,44)/t23-,25-/m0/s1. The summed E-state index contributed by atoms with van der Waals surface area (Å²) in [5.41, 5.74) is 6.26. The van der Waals surface area contributed by atoms with E-state index in [1.807, 2.05) is 24.3 Å². The van der Waals surface area contributed by atoms with E-state index in [9.17, 15) is 19.5 Å². The number of aliphatic imine (C=N–C) groups is 1. The molecule has 2 atom stereocenters. The van der Waals surface area contributed by atoms with Gasteiger partial charge in [-0.1, -0.05) is 45.0 Å². The molecule has 1 saturated heterocycles. The van der Waals surface area contributed by atoms with Gasteiger partial charge in [-0.15, -0.1) is 0 Å². The predicted octanol–water partition coefficient (Wildman–Crippen LogP) is 4.49. The normalized spacial score (nSPS) is 19.7. The van der Waals surface area contributed by atoms with Crippen molar-refractivity contribution in [1.29, 1.82) is 0 Å². The van der Waals surface area contributed by atoms with E-state index < -0.39 is 11.2 Å². The number of hydrogen-bond acceptors (Lipinski definition) is 7. The van der Waals surface area contributed by atoms with Crippen molar-refractivity contribution >= 4 is 17.2 Å². The molecular formula is C35H43N5O4. The maximum absolute atomic E-state index is 13.8. The number of Topliss-reactive ketones (excluding diaryl/α,β-unsaturated/α-hetero) is 1. The SMILES string of the molecule is CC(C)(C)[C@H]1CCc2nc3c(cc2C1)N=C(C(=O)C[C@H](CCN1CCC(O)CC1)c1ccc(-c2cc(=O)[nH]c(=O)[nH]2)cc1)C3. The molecule has 1 aliphatic carbocycles. The molecule has 9 nitrogen and oxygen atoms in total. The number of aliphatic hydroxyl groups is 1. The van der Waals surface area contributed by atoms with E-state index in [0.29, 0.717) is 30.2 Å². The average Bonchev–Trinajstić information content (AvgIpc) is 3.41. The number of benzene rings is 1. The third kappa shape index (κ3) is 6.84. The number of nitrogens with one attached hydrogen (secondary N) is 2. The van der Waals surface area contributed by atoms with Crippen molar-refractivity contribution in [1.82, 2.24) is 19.9 Å². The van der Waals surface area contributed by atoms with Gasteiger partial charge >= 0.3 is 5.69 Å². The third-order valence-electron chi connectivity index (χ3n) is 9.82. The zero-order valence-corrected chi connectivity index (χ0v) is 26.0. The van der Waals surface area contributed by atoms with Crippen molar-refractivity contribution in [2.24, 2.45) is 16.3 Å². The lowest BCUT2D eigenvalue weighted by molar-refractivity contribution is -0.113. The van der Waals surface area contributed by atoms with Crippen LogP contribution in [0.2, 0.25) is 0 Å². The molecule has 232 valence electrons. The Hall–Kier alpha value is -3.69. The minimum Gasteiger partial charge on any atom is -0.393 e. The zero-order valence-electron chi connectivity index (χ0n) is 26.0. The van der Waals surface area contributed by atoms with Crippen molar-refractivity contribution in [2.45, 2.75) is 84.2 Å². The van der Waals surface area contributed by atoms with Gasteiger partial charge in [-0.3, -0.25) is 19.6 Å². The summed E-state index contributed by atoms with van der Waals surface area (Å²) in [6.45, 7) is 9.46. The van der Waals surface area contributed by atoms with Gasteiger partial charge in [0.25, 0.3) is 5.56 Å². The van der Waals surface area contributed by atoms with Gasteiger partial charge < -0.3 is 15.0 Å². The van der Waals surface area contributed by atoms with Crippen LogP contribution in [0.1, 0.15) is 81.3 Å². The molecule has 4 heterocycles. The molecule has 0 bridgehead atoms. The smallest absolute Gasteiger partial charge is 0.326 e. The van der Waals surface area contributed by atoms with Crippen LogP contribution in [0, 0.1) is 11.3 Å². The molecule has 0 radical (unpaired) electrons. The van der Waals surface area contributed by atoms with Gasteiger partial charge in [0.2, 0.25) is 0 Å². The quantitative estimate of drug-likeness (QED) is 0.351. The van der Waals surface area contributed by atoms with Crippen molar-refractivity contribution in [3.63, 3.8) is 0 Å². The molecule has 3 N–H and O–H groups in total. The number of likely N-dealkylation sites (tertiary alicyclic amines) is 1. The van der Waals surface area contributed by atoms with Crippen LogP contribution in [-0.4, -0.2) is 62.2 Å². The number of ketones is 1. The second kappa shape index (κ2) is 12.4. The second-order valence-corrected chi connectivity index (χ2v) is 13.9. The fraction of sp³-hybridized carbons (Fsp3) is 0.514. The molecule has 0 unspecified atom stereocenters. The Bertz CT molecular complexity index is 1640. The highest BCUT2D eigenvalue weighted by atomic mass is 16.3. The average molecular weight is 598 g/mol. The molecule has 9 heteroatoms. The Morgan fingerprint density at radius 2 is 1.80 bits per heavy atom. The van der Waals surface area contributed by atoms with Crippen molar-refractivity contribution in [3.05, 3.63) is 79.8 Å². The van der Waals surface area contributed by atoms with Gasteiger partial charge in [0.05, 0.1) is 28.9 Å². The predicted molar refractivity (Wildman–Crippen MR) is 172 cm³/mol. The number of pyridine rings is 1. The number of rotatable bonds is 8. The number of aryl methyl sites for hydroxylation is 1. The molecule has 0 spiro atoms. The topological polar surface area (TPSA) is 132 Å². The summed E-state index contributed by atoms with van der Waals surface area (Å²) in [7, 11) is 0. The molecular weight excluding hydrogens is 554 g/mol. The van der Waals surface area contributed by atoms with E-state index in [0.717, 1.165) is 80.7 Å². The third-order valence-corrected chi connectivity index (χ3v) is 9.82. The lowest BCUT2D eigenvalue weighted by Gasteiger charge is -2.34. The second-order valence-electron chi connectivity index (χ2n) is 13.9. The number of nitrogens with zero attached hydrogens (tertiary/aromatic N) is 3. The van der Waals surface area contributed by atoms with Crippen LogP contribution < -0.4 is 11.2 Å². The van der Waals surface area contributed by atoms with Gasteiger partial charge in [-0.2, -0.15) is 0 Å². The first-order chi connectivity index (χ1) is 21.0. The summed E-state index contributed by atoms with van der Waals surface area (Å²) in [5.74, 6) is 0.636. The van der Waals surface area contributed by atoms with E-state index in [1.165, 1.54) is 17.3 Å². The molecule has 1 aromatic carbocycles. The summed E-state index contributed by atoms with van der Waals surface area (Å²) in [6, 6.07) is 11.3. The van der Waals surface area contributed by atoms with Crippen molar-refractivity contribution < 1.29 is 9.90 Å². The Morgan fingerprint density at radius 1 is 1.05 bits per heavy atom. The van der Waals surface area contributed by atoms with Gasteiger partial charge in [0.1, 0.15) is 0 Å². The Morgan fingerprint density at radius 3 is 2.50 bits per heavy atom. The zero-order chi connectivity index (χ0) is 31.0. The number of hydrogen-bond donors (Lipinski definition) is 3. The minimum atomic E-state index is -0.547. The largest absolute Gasteiger partial charge is 0.393 e. The Kier molecular flexibility index (Phi) is 8.53. The Labute approximate surface area is 257 Å². The maximum Gasteiger partial charge on any atom is 0.326 e. The lowest BCUT2D eigenvalue weighted by atomic mass is 9.71. The highest BCUT2D eigenvalue weighted by molar-refractivity contribution is 6.41. The number of carbonyl (C=O) groups excluding carboxylic acids is 1. The monoisotopic (exact) mass is 597 g/mol. The molecule has 3 aromatic rings. The fourth-order valence-corrected chi connectivity index (χ4v) is 6.93. The molecule has 1 fully saturated rings. The first-order valence-electron chi connectivity index (χ1n) is 16.0. The summed E-state index contributed by atoms with van der Waals surface area (Å²) in [4.78, 5) is 54.4. The summed E-state index contributed by atoms with van der Waals surface area (Å²) in [6.07, 6.45) is 6.07. The Balaban J connectivity index is 1.20. The van der Waals surface area contributed by atoms with Crippen LogP contribution >= 0.6 is 0 Å². The van der Waals surface area contributed by atoms with E-state index in [-0.39, 0.29) is 23.2 Å². The first-order valence-corrected chi connectivity index (χ1v) is 16.0. The number of carbonyl (C=O) groups is 1. The molecule has 2 aromatic heterocycles. The van der Waals surface area contributed by atoms with Crippen molar-refractivity contribution in [3.8, 4) is 11.3 Å². The van der Waals surface area contributed by atoms with Crippen LogP contribution in [0.5, 0.6) is 0 Å². The van der Waals surface area contributed by atoms with Crippen LogP contribution in [0.25, 0.3) is 11.3 Å². The molecule has 3 aliphatic rings. The summed E-state index contributed by atoms with van der Waals surface area (Å²) >= 11 is 0. The van der Waals surface area contributed by atoms with Gasteiger partial charge in [0.15, 0.2) is 5.78 Å². The van der Waals surface area contributed by atoms with E-state index in [2.05, 4.69) is 41.7 Å². The van der Waals surface area contributed by atoms with E-state index >= 15 is 0 Å². The highest BCUT2D eigenvalue weighted by Gasteiger charge is 2.32. The molecule has 0 amide bonds. The number of piperidine rings is 1. The number of aromatic amines is 2. The van der Waals surface area contributed by atoms with Crippen LogP contribution in [-0.2, 0) is 24.1 Å². The minimum absolute atomic E-state index is 0.0262. The molecule has 44 heavy (non-hydrogen) atoms. The van der Waals surface area contributed by atoms with Gasteiger partial charge in [-0.25, -0.2) is 9.79 Å². The van der Waals surface area contributed by atoms with Crippen LogP contribution in [0.3, 0.4) is 0 Å². The summed E-state index contributed by atoms with van der Waals surface area (Å²) in [5, 5.41) is 9.94. The maximum atomic E-state index is 13.8. The summed E-state index contributed by atoms with van der Waals surface area (Å²) < 4.78 is 0. The van der Waals surface area contributed by atoms with Crippen LogP contribution in [0.4, 0.5) is 5.69 Å². The number of aliphatic hydroxyl groups excluding tert-OH is 1. The van der Waals surface area contributed by atoms with Crippen LogP contribution in [0.15, 0.2) is 51.0 Å². The molecule has 6 rings (SSSR count). The van der Waals surface area contributed by atoms with Gasteiger partial charge in [0, 0.05) is 37.7 Å². The first kappa shape index (κ1) is 30.3. The van der Waals surface area contributed by atoms with E-state index in [1.54, 1.807) is 0 Å². The fourth-order valence-electron chi connectivity index (χ4n) is 6.93. The van der Waals surface area contributed by atoms with Gasteiger partial charge in [-0.05, 0) is 85.1 Å². The number of H-pyrrole nitrogens is 2. The van der Waals surface area contributed by atoms with E-state index in [4.69, 9.17) is 9.98 Å². The number of aromatic nitrogens is 3. The number of fused-ring (bicyclic) bond motifs is 2. The van der Waals surface area contributed by atoms with Crippen molar-refractivity contribution in [2.75, 3.05) is 19.6 Å². The molecule has 0 saturated carbocycles. The molecule has 2 aliphatic heterocycles.